The summed E-state index contributed by atoms with van der Waals surface area (Å²) in [4.78, 5) is 0. The van der Waals surface area contributed by atoms with Gasteiger partial charge >= 0.3 is 0 Å². The van der Waals surface area contributed by atoms with Crippen LogP contribution in [0.4, 0.5) is 0 Å². The van der Waals surface area contributed by atoms with E-state index in [9.17, 15) is 0 Å². The van der Waals surface area contributed by atoms with Gasteiger partial charge < -0.3 is 4.74 Å². The van der Waals surface area contributed by atoms with E-state index in [1.807, 2.05) is 0 Å². The maximum Gasteiger partial charge on any atom is 0.0578 e. The van der Waals surface area contributed by atoms with Gasteiger partial charge in [-0.3, -0.25) is 0 Å². The second-order valence-corrected chi connectivity index (χ2v) is 3.59. The Balaban J connectivity index is 3.39. The summed E-state index contributed by atoms with van der Waals surface area (Å²) < 4.78 is 5.68. The number of rotatable bonds is 7. The Morgan fingerprint density at radius 2 is 1.92 bits per heavy atom. The quantitative estimate of drug-likeness (QED) is 0.532. The number of hydrogen-bond donors (Lipinski definition) is 0. The molecule has 0 fully saturated rings. The van der Waals surface area contributed by atoms with Crippen LogP contribution in [0.15, 0.2) is 0 Å². The van der Waals surface area contributed by atoms with Crippen molar-refractivity contribution >= 4 is 0 Å². The van der Waals surface area contributed by atoms with Crippen molar-refractivity contribution in [3.8, 4) is 0 Å². The molecule has 0 spiro atoms. The number of unbranched alkanes of at least 4 members (excludes halogenated alkanes) is 2. The van der Waals surface area contributed by atoms with E-state index >= 15 is 0 Å². The molecular weight excluding hydrogens is 148 g/mol. The monoisotopic (exact) mass is 171 g/mol. The van der Waals surface area contributed by atoms with Gasteiger partial charge in [-0.1, -0.05) is 33.1 Å². The fourth-order valence-electron chi connectivity index (χ4n) is 1.29. The van der Waals surface area contributed by atoms with Crippen molar-refractivity contribution < 1.29 is 4.74 Å². The summed E-state index contributed by atoms with van der Waals surface area (Å²) in [6.07, 6.45) is 6.69. The van der Waals surface area contributed by atoms with Crippen molar-refractivity contribution in [3.05, 3.63) is 6.92 Å². The Morgan fingerprint density at radius 3 is 2.33 bits per heavy atom. The van der Waals surface area contributed by atoms with Gasteiger partial charge in [-0.05, 0) is 26.7 Å². The molecule has 1 nitrogen and oxygen atoms in total. The molecule has 73 valence electrons. The second kappa shape index (κ2) is 7.60. The minimum absolute atomic E-state index is 0.346. The fourth-order valence-corrected chi connectivity index (χ4v) is 1.29. The Bertz CT molecular complexity index is 89.0. The SMILES string of the molecule is [CH2]CC(CCCCC)OC(C)C. The lowest BCUT2D eigenvalue weighted by molar-refractivity contribution is 0.00354. The average molecular weight is 171 g/mol. The van der Waals surface area contributed by atoms with Crippen molar-refractivity contribution in [2.45, 2.75) is 65.1 Å². The van der Waals surface area contributed by atoms with Crippen LogP contribution in [0.25, 0.3) is 0 Å². The lowest BCUT2D eigenvalue weighted by atomic mass is 10.1. The van der Waals surface area contributed by atoms with E-state index in [1.54, 1.807) is 0 Å². The molecule has 0 aliphatic carbocycles. The summed E-state index contributed by atoms with van der Waals surface area (Å²) >= 11 is 0. The van der Waals surface area contributed by atoms with Crippen LogP contribution in [0, 0.1) is 6.92 Å². The van der Waals surface area contributed by atoms with E-state index < -0.39 is 0 Å². The molecule has 1 radical (unpaired) electrons. The standard InChI is InChI=1S/C11H23O/c1-5-7-8-9-11(6-2)12-10(3)4/h10-11H,2,5-9H2,1,3-4H3. The molecule has 0 amide bonds. The van der Waals surface area contributed by atoms with E-state index in [0.29, 0.717) is 12.2 Å². The molecule has 0 heterocycles. The Labute approximate surface area is 77.5 Å². The Hall–Kier alpha value is -0.0400. The van der Waals surface area contributed by atoms with Crippen LogP contribution in [0.1, 0.15) is 52.9 Å². The van der Waals surface area contributed by atoms with E-state index in [4.69, 9.17) is 4.74 Å². The summed E-state index contributed by atoms with van der Waals surface area (Å²) in [6.45, 7) is 10.3. The highest BCUT2D eigenvalue weighted by Crippen LogP contribution is 2.11. The normalized spacial score (nSPS) is 13.8. The molecule has 0 saturated carbocycles. The highest BCUT2D eigenvalue weighted by atomic mass is 16.5. The van der Waals surface area contributed by atoms with Crippen LogP contribution >= 0.6 is 0 Å². The first kappa shape index (κ1) is 12.0. The lowest BCUT2D eigenvalue weighted by Crippen LogP contribution is -2.16. The largest absolute Gasteiger partial charge is 0.376 e. The molecule has 0 bridgehead atoms. The zero-order valence-corrected chi connectivity index (χ0v) is 8.81. The zero-order valence-electron chi connectivity index (χ0n) is 8.81. The van der Waals surface area contributed by atoms with Crippen LogP contribution in [0.2, 0.25) is 0 Å². The molecule has 0 aliphatic heterocycles. The molecule has 12 heavy (non-hydrogen) atoms. The fraction of sp³-hybridized carbons (Fsp3) is 0.909. The first-order valence-electron chi connectivity index (χ1n) is 5.15. The summed E-state index contributed by atoms with van der Waals surface area (Å²) in [5.74, 6) is 0. The summed E-state index contributed by atoms with van der Waals surface area (Å²) in [5.41, 5.74) is 0. The first-order chi connectivity index (χ1) is 5.70. The second-order valence-electron chi connectivity index (χ2n) is 3.59. The zero-order chi connectivity index (χ0) is 9.40. The first-order valence-corrected chi connectivity index (χ1v) is 5.15. The highest BCUT2D eigenvalue weighted by molar-refractivity contribution is 4.61. The van der Waals surface area contributed by atoms with E-state index in [1.165, 1.54) is 25.7 Å². The van der Waals surface area contributed by atoms with Crippen LogP contribution in [0.5, 0.6) is 0 Å². The van der Waals surface area contributed by atoms with Gasteiger partial charge in [0.05, 0.1) is 12.2 Å². The van der Waals surface area contributed by atoms with Crippen molar-refractivity contribution in [2.24, 2.45) is 0 Å². The average Bonchev–Trinajstić information content (AvgIpc) is 2.02. The van der Waals surface area contributed by atoms with Gasteiger partial charge in [0, 0.05) is 0 Å². The molecule has 0 N–H and O–H groups in total. The Kier molecular flexibility index (Phi) is 7.58. The van der Waals surface area contributed by atoms with Crippen molar-refractivity contribution in [2.75, 3.05) is 0 Å². The predicted octanol–water partition coefficient (Wildman–Crippen LogP) is 3.58. The molecule has 0 aromatic rings. The number of hydrogen-bond acceptors (Lipinski definition) is 1. The van der Waals surface area contributed by atoms with Crippen LogP contribution in [-0.4, -0.2) is 12.2 Å². The third kappa shape index (κ3) is 6.66. The van der Waals surface area contributed by atoms with Gasteiger partial charge in [-0.25, -0.2) is 0 Å². The predicted molar refractivity (Wildman–Crippen MR) is 54.1 cm³/mol. The van der Waals surface area contributed by atoms with Gasteiger partial charge in [0.25, 0.3) is 0 Å². The molecule has 0 aromatic heterocycles. The Morgan fingerprint density at radius 1 is 1.25 bits per heavy atom. The highest BCUT2D eigenvalue weighted by Gasteiger charge is 2.07. The summed E-state index contributed by atoms with van der Waals surface area (Å²) in [6, 6.07) is 0. The molecule has 1 heteroatoms. The lowest BCUT2D eigenvalue weighted by Gasteiger charge is -2.18. The van der Waals surface area contributed by atoms with Crippen molar-refractivity contribution in [1.29, 1.82) is 0 Å². The van der Waals surface area contributed by atoms with Gasteiger partial charge in [0.1, 0.15) is 0 Å². The van der Waals surface area contributed by atoms with Crippen molar-refractivity contribution in [1.82, 2.24) is 0 Å². The smallest absolute Gasteiger partial charge is 0.0578 e. The molecule has 1 atom stereocenters. The molecule has 0 aliphatic rings. The van der Waals surface area contributed by atoms with E-state index in [2.05, 4.69) is 27.7 Å². The minimum Gasteiger partial charge on any atom is -0.376 e. The van der Waals surface area contributed by atoms with Crippen LogP contribution < -0.4 is 0 Å². The van der Waals surface area contributed by atoms with Crippen molar-refractivity contribution in [3.63, 3.8) is 0 Å². The van der Waals surface area contributed by atoms with Crippen LogP contribution in [0.3, 0.4) is 0 Å². The molecule has 0 saturated heterocycles. The van der Waals surface area contributed by atoms with Gasteiger partial charge in [0.2, 0.25) is 0 Å². The third-order valence-corrected chi connectivity index (χ3v) is 1.92. The summed E-state index contributed by atoms with van der Waals surface area (Å²) in [7, 11) is 0. The van der Waals surface area contributed by atoms with Crippen LogP contribution in [-0.2, 0) is 4.74 Å². The third-order valence-electron chi connectivity index (χ3n) is 1.92. The molecule has 1 unspecified atom stereocenters. The summed E-state index contributed by atoms with van der Waals surface area (Å²) in [5, 5.41) is 0. The maximum atomic E-state index is 5.68. The topological polar surface area (TPSA) is 9.23 Å². The number of ether oxygens (including phenoxy) is 1. The molecule has 0 rings (SSSR count). The molecule has 0 aromatic carbocycles. The van der Waals surface area contributed by atoms with E-state index in [0.717, 1.165) is 6.42 Å². The van der Waals surface area contributed by atoms with E-state index in [-0.39, 0.29) is 0 Å². The minimum atomic E-state index is 0.346. The maximum absolute atomic E-state index is 5.68. The molecular formula is C11H23O. The van der Waals surface area contributed by atoms with Gasteiger partial charge in [0.15, 0.2) is 0 Å². The van der Waals surface area contributed by atoms with Gasteiger partial charge in [-0.2, -0.15) is 0 Å². The van der Waals surface area contributed by atoms with Gasteiger partial charge in [-0.15, -0.1) is 0 Å².